The second-order valence-electron chi connectivity index (χ2n) is 6.84. The number of carboxylic acids is 1. The van der Waals surface area contributed by atoms with Gasteiger partial charge < -0.3 is 5.11 Å². The van der Waals surface area contributed by atoms with Gasteiger partial charge in [0.25, 0.3) is 0 Å². The van der Waals surface area contributed by atoms with Gasteiger partial charge in [0.1, 0.15) is 6.04 Å². The highest BCUT2D eigenvalue weighted by atomic mass is 35.5. The summed E-state index contributed by atoms with van der Waals surface area (Å²) in [6, 6.07) is 12.6. The molecule has 1 unspecified atom stereocenters. The van der Waals surface area contributed by atoms with Crippen molar-refractivity contribution in [1.82, 2.24) is 4.31 Å². The third-order valence-electron chi connectivity index (χ3n) is 4.59. The van der Waals surface area contributed by atoms with E-state index in [2.05, 4.69) is 0 Å². The minimum atomic E-state index is -3.92. The lowest BCUT2D eigenvalue weighted by molar-refractivity contribution is -0.142. The van der Waals surface area contributed by atoms with Crippen molar-refractivity contribution in [2.24, 2.45) is 0 Å². The highest BCUT2D eigenvalue weighted by molar-refractivity contribution is 8.00. The monoisotopic (exact) mass is 425 g/mol. The lowest BCUT2D eigenvalue weighted by atomic mass is 10.0. The predicted molar refractivity (Wildman–Crippen MR) is 109 cm³/mol. The topological polar surface area (TPSA) is 74.7 Å². The summed E-state index contributed by atoms with van der Waals surface area (Å²) in [5, 5.41) is 10.2. The van der Waals surface area contributed by atoms with Crippen molar-refractivity contribution in [3.8, 4) is 11.1 Å². The Labute approximate surface area is 168 Å². The summed E-state index contributed by atoms with van der Waals surface area (Å²) in [6.07, 6.45) is 0. The SMILES string of the molecule is CC1(C)SCCN(S(=O)(=O)c2ccc(-c3cccc(Cl)c3)cc2)C1C(=O)O. The van der Waals surface area contributed by atoms with Crippen LogP contribution in [0.5, 0.6) is 0 Å². The maximum Gasteiger partial charge on any atom is 0.323 e. The maximum absolute atomic E-state index is 13.1. The molecule has 0 radical (unpaired) electrons. The van der Waals surface area contributed by atoms with Gasteiger partial charge in [-0.1, -0.05) is 35.9 Å². The molecule has 0 bridgehead atoms. The number of halogens is 1. The van der Waals surface area contributed by atoms with Gasteiger partial charge in [0.15, 0.2) is 0 Å². The van der Waals surface area contributed by atoms with Crippen LogP contribution in [0.25, 0.3) is 11.1 Å². The van der Waals surface area contributed by atoms with E-state index in [1.165, 1.54) is 23.9 Å². The van der Waals surface area contributed by atoms with Crippen LogP contribution in [0.2, 0.25) is 5.02 Å². The summed E-state index contributed by atoms with van der Waals surface area (Å²) in [4.78, 5) is 11.9. The maximum atomic E-state index is 13.1. The minimum absolute atomic E-state index is 0.0854. The Kier molecular flexibility index (Phi) is 5.59. The molecule has 1 aliphatic heterocycles. The molecule has 1 aliphatic rings. The number of benzene rings is 2. The molecule has 1 N–H and O–H groups in total. The third kappa shape index (κ3) is 4.01. The fourth-order valence-corrected chi connectivity index (χ4v) is 6.54. The first-order valence-corrected chi connectivity index (χ1v) is 11.2. The molecular weight excluding hydrogens is 406 g/mol. The number of carbonyl (C=O) groups is 1. The van der Waals surface area contributed by atoms with E-state index in [1.54, 1.807) is 38.1 Å². The molecule has 0 saturated carbocycles. The van der Waals surface area contributed by atoms with Crippen LogP contribution >= 0.6 is 23.4 Å². The zero-order valence-corrected chi connectivity index (χ0v) is 17.3. The van der Waals surface area contributed by atoms with Crippen LogP contribution in [0.15, 0.2) is 53.4 Å². The van der Waals surface area contributed by atoms with Crippen LogP contribution in [-0.4, -0.2) is 46.9 Å². The largest absolute Gasteiger partial charge is 0.480 e. The van der Waals surface area contributed by atoms with Crippen LogP contribution in [0, 0.1) is 0 Å². The quantitative estimate of drug-likeness (QED) is 0.801. The van der Waals surface area contributed by atoms with E-state index >= 15 is 0 Å². The Morgan fingerprint density at radius 1 is 1.19 bits per heavy atom. The van der Waals surface area contributed by atoms with Gasteiger partial charge in [0, 0.05) is 22.1 Å². The standard InChI is InChI=1S/C19H20ClNO4S2/c1-19(2)17(18(22)23)21(10-11-26-19)27(24,25)16-8-6-13(7-9-16)14-4-3-5-15(20)12-14/h3-9,12,17H,10-11H2,1-2H3,(H,22,23). The number of nitrogens with zero attached hydrogens (tertiary/aromatic N) is 1. The smallest absolute Gasteiger partial charge is 0.323 e. The number of hydrogen-bond donors (Lipinski definition) is 1. The molecule has 0 aromatic heterocycles. The van der Waals surface area contributed by atoms with Crippen molar-refractivity contribution in [2.75, 3.05) is 12.3 Å². The third-order valence-corrected chi connectivity index (χ3v) is 8.05. The fraction of sp³-hybridized carbons (Fsp3) is 0.316. The van der Waals surface area contributed by atoms with Crippen molar-refractivity contribution in [3.05, 3.63) is 53.6 Å². The lowest BCUT2D eigenvalue weighted by Crippen LogP contribution is -2.58. The second kappa shape index (κ2) is 7.47. The molecule has 2 aromatic rings. The van der Waals surface area contributed by atoms with Crippen molar-refractivity contribution in [1.29, 1.82) is 0 Å². The van der Waals surface area contributed by atoms with Gasteiger partial charge >= 0.3 is 5.97 Å². The molecule has 3 rings (SSSR count). The van der Waals surface area contributed by atoms with E-state index < -0.39 is 26.8 Å². The van der Waals surface area contributed by atoms with Crippen molar-refractivity contribution in [2.45, 2.75) is 29.5 Å². The van der Waals surface area contributed by atoms with Crippen molar-refractivity contribution in [3.63, 3.8) is 0 Å². The van der Waals surface area contributed by atoms with Gasteiger partial charge in [-0.25, -0.2) is 8.42 Å². The zero-order chi connectivity index (χ0) is 19.8. The van der Waals surface area contributed by atoms with E-state index in [9.17, 15) is 18.3 Å². The van der Waals surface area contributed by atoms with Crippen LogP contribution < -0.4 is 0 Å². The van der Waals surface area contributed by atoms with Crippen LogP contribution in [0.3, 0.4) is 0 Å². The zero-order valence-electron chi connectivity index (χ0n) is 14.9. The Morgan fingerprint density at radius 3 is 2.44 bits per heavy atom. The number of hydrogen-bond acceptors (Lipinski definition) is 4. The van der Waals surface area contributed by atoms with Crippen molar-refractivity contribution < 1.29 is 18.3 Å². The summed E-state index contributed by atoms with van der Waals surface area (Å²) < 4.78 is 26.6. The van der Waals surface area contributed by atoms with Gasteiger partial charge in [-0.05, 0) is 49.2 Å². The predicted octanol–water partition coefficient (Wildman–Crippen LogP) is 3.98. The van der Waals surface area contributed by atoms with Gasteiger partial charge in [0.2, 0.25) is 10.0 Å². The lowest BCUT2D eigenvalue weighted by Gasteiger charge is -2.42. The molecule has 2 aromatic carbocycles. The van der Waals surface area contributed by atoms with Crippen LogP contribution in [0.4, 0.5) is 0 Å². The molecule has 0 spiro atoms. The molecule has 1 heterocycles. The Balaban J connectivity index is 1.96. The van der Waals surface area contributed by atoms with Crippen LogP contribution in [0.1, 0.15) is 13.8 Å². The molecule has 0 aliphatic carbocycles. The second-order valence-corrected chi connectivity index (χ2v) is 10.9. The summed E-state index contributed by atoms with van der Waals surface area (Å²) >= 11 is 7.49. The number of carboxylic acid groups (broad SMARTS) is 1. The molecular formula is C19H20ClNO4S2. The molecule has 5 nitrogen and oxygen atoms in total. The molecule has 1 saturated heterocycles. The van der Waals surface area contributed by atoms with E-state index in [4.69, 9.17) is 11.6 Å². The minimum Gasteiger partial charge on any atom is -0.480 e. The first-order chi connectivity index (χ1) is 12.6. The fourth-order valence-electron chi connectivity index (χ4n) is 3.26. The molecule has 144 valence electrons. The van der Waals surface area contributed by atoms with Gasteiger partial charge in [-0.2, -0.15) is 16.1 Å². The first kappa shape index (κ1) is 20.2. The van der Waals surface area contributed by atoms with Gasteiger partial charge in [0.05, 0.1) is 4.90 Å². The Bertz CT molecular complexity index is 958. The number of aliphatic carboxylic acids is 1. The van der Waals surface area contributed by atoms with Crippen molar-refractivity contribution >= 4 is 39.4 Å². The molecule has 1 atom stereocenters. The summed E-state index contributed by atoms with van der Waals surface area (Å²) in [5.74, 6) is -0.581. The average molecular weight is 426 g/mol. The highest BCUT2D eigenvalue weighted by Gasteiger charge is 2.48. The average Bonchev–Trinajstić information content (AvgIpc) is 2.60. The molecule has 1 fully saturated rings. The highest BCUT2D eigenvalue weighted by Crippen LogP contribution is 2.38. The van der Waals surface area contributed by atoms with Crippen LogP contribution in [-0.2, 0) is 14.8 Å². The summed E-state index contributed by atoms with van der Waals surface area (Å²) in [6.45, 7) is 3.70. The van der Waals surface area contributed by atoms with E-state index in [1.807, 2.05) is 12.1 Å². The van der Waals surface area contributed by atoms with E-state index in [-0.39, 0.29) is 11.4 Å². The first-order valence-electron chi connectivity index (χ1n) is 8.37. The number of thioether (sulfide) groups is 1. The molecule has 0 amide bonds. The van der Waals surface area contributed by atoms with E-state index in [0.29, 0.717) is 10.8 Å². The Hall–Kier alpha value is -1.54. The summed E-state index contributed by atoms with van der Waals surface area (Å²) in [7, 11) is -3.92. The molecule has 27 heavy (non-hydrogen) atoms. The van der Waals surface area contributed by atoms with E-state index in [0.717, 1.165) is 15.4 Å². The summed E-state index contributed by atoms with van der Waals surface area (Å²) in [5.41, 5.74) is 1.71. The Morgan fingerprint density at radius 2 is 1.85 bits per heavy atom. The number of sulfonamides is 1. The normalized spacial score (nSPS) is 20.3. The molecule has 8 heteroatoms. The number of rotatable bonds is 4. The van der Waals surface area contributed by atoms with Gasteiger partial charge in [-0.3, -0.25) is 4.79 Å². The van der Waals surface area contributed by atoms with Gasteiger partial charge in [-0.15, -0.1) is 0 Å².